The molecule has 0 saturated heterocycles. The number of amides is 1. The first-order valence-electron chi connectivity index (χ1n) is 4.94. The topological polar surface area (TPSA) is 64.3 Å². The number of anilines is 1. The Bertz CT molecular complexity index is 402. The lowest BCUT2D eigenvalue weighted by Crippen LogP contribution is -2.04. The molecule has 1 amide bonds. The lowest BCUT2D eigenvalue weighted by Gasteiger charge is -2.09. The molecule has 0 radical (unpaired) electrons. The number of benzene rings is 1. The first-order valence-corrected chi connectivity index (χ1v) is 4.94. The lowest BCUT2D eigenvalue weighted by molar-refractivity contribution is -0.115. The number of methoxy groups -OCH3 is 1. The van der Waals surface area contributed by atoms with Gasteiger partial charge in [0.05, 0.1) is 19.2 Å². The van der Waals surface area contributed by atoms with Crippen LogP contribution in [0.5, 0.6) is 5.75 Å². The summed E-state index contributed by atoms with van der Waals surface area (Å²) in [5.41, 5.74) is 8.43. The fraction of sp³-hybridized carbons (Fsp3) is 0.364. The molecule has 80 valence electrons. The van der Waals surface area contributed by atoms with Crippen molar-refractivity contribution in [2.24, 2.45) is 5.73 Å². The molecule has 1 aromatic rings. The molecule has 1 aromatic carbocycles. The van der Waals surface area contributed by atoms with Crippen LogP contribution in [0.15, 0.2) is 12.1 Å². The number of rotatable bonds is 3. The van der Waals surface area contributed by atoms with Gasteiger partial charge in [-0.05, 0) is 30.2 Å². The molecule has 0 unspecified atom stereocenters. The van der Waals surface area contributed by atoms with Crippen molar-refractivity contribution in [1.29, 1.82) is 0 Å². The van der Waals surface area contributed by atoms with Crippen molar-refractivity contribution in [2.45, 2.75) is 12.8 Å². The smallest absolute Gasteiger partial charge is 0.228 e. The summed E-state index contributed by atoms with van der Waals surface area (Å²) < 4.78 is 5.24. The molecule has 0 saturated carbocycles. The molecule has 1 heterocycles. The second kappa shape index (κ2) is 3.90. The van der Waals surface area contributed by atoms with Gasteiger partial charge in [0.25, 0.3) is 0 Å². The van der Waals surface area contributed by atoms with Crippen LogP contribution in [0.3, 0.4) is 0 Å². The highest BCUT2D eigenvalue weighted by molar-refractivity contribution is 6.01. The number of carbonyl (C=O) groups is 1. The summed E-state index contributed by atoms with van der Waals surface area (Å²) in [7, 11) is 1.60. The van der Waals surface area contributed by atoms with Crippen LogP contribution in [0.2, 0.25) is 0 Å². The van der Waals surface area contributed by atoms with Crippen molar-refractivity contribution >= 4 is 11.6 Å². The van der Waals surface area contributed by atoms with E-state index in [2.05, 4.69) is 5.32 Å². The third kappa shape index (κ3) is 1.80. The zero-order valence-corrected chi connectivity index (χ0v) is 8.67. The number of hydrogen-bond donors (Lipinski definition) is 2. The Labute approximate surface area is 88.4 Å². The van der Waals surface area contributed by atoms with Crippen LogP contribution in [0, 0.1) is 0 Å². The molecular formula is C11H14N2O2. The number of carbonyl (C=O) groups excluding carboxylic acids is 1. The minimum atomic E-state index is 0.0215. The van der Waals surface area contributed by atoms with E-state index in [0.29, 0.717) is 13.0 Å². The van der Waals surface area contributed by atoms with Crippen LogP contribution in [-0.2, 0) is 17.6 Å². The Kier molecular flexibility index (Phi) is 2.60. The number of fused-ring (bicyclic) bond motifs is 1. The van der Waals surface area contributed by atoms with Crippen molar-refractivity contribution in [2.75, 3.05) is 19.0 Å². The second-order valence-electron chi connectivity index (χ2n) is 3.60. The number of ether oxygens (including phenoxy) is 1. The summed E-state index contributed by atoms with van der Waals surface area (Å²) >= 11 is 0. The van der Waals surface area contributed by atoms with E-state index in [4.69, 9.17) is 10.5 Å². The van der Waals surface area contributed by atoms with Crippen molar-refractivity contribution in [3.63, 3.8) is 0 Å². The maximum atomic E-state index is 11.2. The molecule has 15 heavy (non-hydrogen) atoms. The van der Waals surface area contributed by atoms with E-state index in [9.17, 15) is 4.79 Å². The number of hydrogen-bond acceptors (Lipinski definition) is 3. The average Bonchev–Trinajstić information content (AvgIpc) is 2.57. The van der Waals surface area contributed by atoms with Crippen LogP contribution in [-0.4, -0.2) is 19.6 Å². The summed E-state index contributed by atoms with van der Waals surface area (Å²) in [4.78, 5) is 11.2. The number of nitrogens with two attached hydrogens (primary N) is 1. The predicted molar refractivity (Wildman–Crippen MR) is 58.1 cm³/mol. The van der Waals surface area contributed by atoms with Gasteiger partial charge in [0.1, 0.15) is 5.75 Å². The zero-order valence-electron chi connectivity index (χ0n) is 8.67. The van der Waals surface area contributed by atoms with Crippen LogP contribution < -0.4 is 15.8 Å². The van der Waals surface area contributed by atoms with E-state index in [1.165, 1.54) is 0 Å². The molecule has 1 aliphatic rings. The SMILES string of the molecule is COc1cc(CCN)cc2c1NC(=O)C2. The minimum Gasteiger partial charge on any atom is -0.495 e. The quantitative estimate of drug-likeness (QED) is 0.764. The van der Waals surface area contributed by atoms with E-state index in [-0.39, 0.29) is 5.91 Å². The minimum absolute atomic E-state index is 0.0215. The standard InChI is InChI=1S/C11H14N2O2/c1-15-9-5-7(2-3-12)4-8-6-10(14)13-11(8)9/h4-5H,2-3,6,12H2,1H3,(H,13,14). The predicted octanol–water partition coefficient (Wildman–Crippen LogP) is 0.691. The van der Waals surface area contributed by atoms with Crippen molar-refractivity contribution in [3.8, 4) is 5.75 Å². The largest absolute Gasteiger partial charge is 0.495 e. The molecule has 0 atom stereocenters. The average molecular weight is 206 g/mol. The van der Waals surface area contributed by atoms with Gasteiger partial charge in [-0.1, -0.05) is 6.07 Å². The zero-order chi connectivity index (χ0) is 10.8. The fourth-order valence-corrected chi connectivity index (χ4v) is 1.85. The van der Waals surface area contributed by atoms with E-state index < -0.39 is 0 Å². The van der Waals surface area contributed by atoms with Gasteiger partial charge in [0.15, 0.2) is 0 Å². The maximum absolute atomic E-state index is 11.2. The Morgan fingerprint density at radius 1 is 1.53 bits per heavy atom. The highest BCUT2D eigenvalue weighted by atomic mass is 16.5. The van der Waals surface area contributed by atoms with Crippen LogP contribution in [0.4, 0.5) is 5.69 Å². The lowest BCUT2D eigenvalue weighted by atomic mass is 10.1. The molecule has 0 spiro atoms. The first kappa shape index (κ1) is 9.98. The Balaban J connectivity index is 2.42. The molecule has 0 aliphatic carbocycles. The van der Waals surface area contributed by atoms with Gasteiger partial charge in [-0.25, -0.2) is 0 Å². The Morgan fingerprint density at radius 3 is 3.00 bits per heavy atom. The molecule has 0 fully saturated rings. The molecule has 1 aliphatic heterocycles. The molecule has 4 nitrogen and oxygen atoms in total. The van der Waals surface area contributed by atoms with Gasteiger partial charge in [-0.3, -0.25) is 4.79 Å². The van der Waals surface area contributed by atoms with Gasteiger partial charge >= 0.3 is 0 Å². The first-order chi connectivity index (χ1) is 7.24. The summed E-state index contributed by atoms with van der Waals surface area (Å²) in [6.45, 7) is 0.601. The Hall–Kier alpha value is -1.55. The van der Waals surface area contributed by atoms with Gasteiger partial charge in [-0.15, -0.1) is 0 Å². The molecule has 3 N–H and O–H groups in total. The van der Waals surface area contributed by atoms with E-state index in [1.807, 2.05) is 12.1 Å². The molecule has 2 rings (SSSR count). The van der Waals surface area contributed by atoms with Gasteiger partial charge in [-0.2, -0.15) is 0 Å². The van der Waals surface area contributed by atoms with Gasteiger partial charge in [0.2, 0.25) is 5.91 Å². The van der Waals surface area contributed by atoms with E-state index in [1.54, 1.807) is 7.11 Å². The summed E-state index contributed by atoms with van der Waals surface area (Å²) in [5.74, 6) is 0.745. The fourth-order valence-electron chi connectivity index (χ4n) is 1.85. The Morgan fingerprint density at radius 2 is 2.33 bits per heavy atom. The van der Waals surface area contributed by atoms with Crippen molar-refractivity contribution in [3.05, 3.63) is 23.3 Å². The van der Waals surface area contributed by atoms with Crippen LogP contribution in [0.1, 0.15) is 11.1 Å². The van der Waals surface area contributed by atoms with Crippen LogP contribution >= 0.6 is 0 Å². The monoisotopic (exact) mass is 206 g/mol. The van der Waals surface area contributed by atoms with Gasteiger partial charge < -0.3 is 15.8 Å². The second-order valence-corrected chi connectivity index (χ2v) is 3.60. The maximum Gasteiger partial charge on any atom is 0.228 e. The molecule has 0 bridgehead atoms. The summed E-state index contributed by atoms with van der Waals surface area (Å²) in [5, 5.41) is 2.79. The molecular weight excluding hydrogens is 192 g/mol. The number of nitrogens with one attached hydrogen (secondary N) is 1. The third-order valence-corrected chi connectivity index (χ3v) is 2.51. The summed E-state index contributed by atoms with van der Waals surface area (Å²) in [6.07, 6.45) is 1.24. The highest BCUT2D eigenvalue weighted by Gasteiger charge is 2.21. The van der Waals surface area contributed by atoms with Crippen molar-refractivity contribution < 1.29 is 9.53 Å². The highest BCUT2D eigenvalue weighted by Crippen LogP contribution is 2.34. The normalized spacial score (nSPS) is 13.6. The molecule has 4 heteroatoms. The molecule has 0 aromatic heterocycles. The summed E-state index contributed by atoms with van der Waals surface area (Å²) in [6, 6.07) is 3.94. The third-order valence-electron chi connectivity index (χ3n) is 2.51. The van der Waals surface area contributed by atoms with E-state index >= 15 is 0 Å². The van der Waals surface area contributed by atoms with Gasteiger partial charge in [0, 0.05) is 0 Å². The van der Waals surface area contributed by atoms with Crippen molar-refractivity contribution in [1.82, 2.24) is 0 Å². The van der Waals surface area contributed by atoms with Crippen LogP contribution in [0.25, 0.3) is 0 Å². The van der Waals surface area contributed by atoms with E-state index in [0.717, 1.165) is 29.0 Å².